The minimum absolute atomic E-state index is 0.0119. The zero-order chi connectivity index (χ0) is 12.3. The van der Waals surface area contributed by atoms with Crippen LogP contribution in [0.25, 0.3) is 0 Å². The molecule has 0 aliphatic heterocycles. The number of aromatic nitrogens is 3. The zero-order valence-corrected chi connectivity index (χ0v) is 10.5. The third-order valence-corrected chi connectivity index (χ3v) is 3.41. The van der Waals surface area contributed by atoms with Crippen molar-refractivity contribution in [3.05, 3.63) is 23.5 Å². The van der Waals surface area contributed by atoms with Crippen LogP contribution in [0, 0.1) is 0 Å². The third-order valence-electron chi connectivity index (χ3n) is 3.41. The lowest BCUT2D eigenvalue weighted by molar-refractivity contribution is 0.273. The molecule has 0 saturated heterocycles. The first-order chi connectivity index (χ1) is 8.22. The van der Waals surface area contributed by atoms with Crippen LogP contribution in [0.2, 0.25) is 0 Å². The predicted molar refractivity (Wildman–Crippen MR) is 66.6 cm³/mol. The maximum atomic E-state index is 9.36. The Balaban J connectivity index is 2.27. The van der Waals surface area contributed by atoms with Crippen molar-refractivity contribution in [1.82, 2.24) is 15.0 Å². The molecule has 1 N–H and O–H groups in total. The number of nitrogens with zero attached hydrogens (tertiary/aromatic N) is 3. The highest BCUT2D eigenvalue weighted by Crippen LogP contribution is 2.33. The van der Waals surface area contributed by atoms with Gasteiger partial charge >= 0.3 is 0 Å². The first kappa shape index (κ1) is 12.3. The van der Waals surface area contributed by atoms with Crippen molar-refractivity contribution in [1.29, 1.82) is 0 Å². The molecule has 4 heteroatoms. The van der Waals surface area contributed by atoms with Crippen molar-refractivity contribution >= 4 is 0 Å². The van der Waals surface area contributed by atoms with Crippen molar-refractivity contribution < 1.29 is 5.11 Å². The number of hydrogen-bond donors (Lipinski definition) is 1. The van der Waals surface area contributed by atoms with Gasteiger partial charge in [-0.2, -0.15) is 0 Å². The topological polar surface area (TPSA) is 50.9 Å². The fourth-order valence-electron chi connectivity index (χ4n) is 2.66. The van der Waals surface area contributed by atoms with Crippen molar-refractivity contribution in [2.75, 3.05) is 0 Å². The summed E-state index contributed by atoms with van der Waals surface area (Å²) >= 11 is 0. The first-order valence-electron chi connectivity index (χ1n) is 6.40. The molecule has 1 heterocycles. The van der Waals surface area contributed by atoms with E-state index in [1.807, 2.05) is 11.6 Å². The molecule has 94 valence electrons. The third kappa shape index (κ3) is 2.75. The highest BCUT2D eigenvalue weighted by atomic mass is 16.3. The number of aliphatic hydroxyl groups is 1. The molecule has 1 fully saturated rings. The molecule has 2 rings (SSSR count). The van der Waals surface area contributed by atoms with Gasteiger partial charge in [0.25, 0.3) is 0 Å². The second-order valence-electron chi connectivity index (χ2n) is 5.03. The van der Waals surface area contributed by atoms with Gasteiger partial charge in [0, 0.05) is 5.92 Å². The van der Waals surface area contributed by atoms with E-state index in [0.717, 1.165) is 17.0 Å². The molecule has 1 aliphatic rings. The minimum atomic E-state index is -0.0119. The van der Waals surface area contributed by atoms with Gasteiger partial charge in [-0.1, -0.05) is 36.6 Å². The molecular weight excluding hydrogens is 214 g/mol. The quantitative estimate of drug-likeness (QED) is 0.815. The Hall–Kier alpha value is -1.16. The Morgan fingerprint density at radius 1 is 1.41 bits per heavy atom. The number of hydrogen-bond acceptors (Lipinski definition) is 3. The fourth-order valence-corrected chi connectivity index (χ4v) is 2.66. The summed E-state index contributed by atoms with van der Waals surface area (Å²) in [6.07, 6.45) is 6.25. The summed E-state index contributed by atoms with van der Waals surface area (Å²) in [5.74, 6) is 0.514. The average molecular weight is 235 g/mol. The molecule has 4 nitrogen and oxygen atoms in total. The van der Waals surface area contributed by atoms with Crippen LogP contribution < -0.4 is 0 Å². The number of aliphatic hydroxyl groups excluding tert-OH is 1. The highest BCUT2D eigenvalue weighted by molar-refractivity contribution is 5.16. The molecule has 0 bridgehead atoms. The molecule has 1 saturated carbocycles. The van der Waals surface area contributed by atoms with Crippen LogP contribution in [0.5, 0.6) is 0 Å². The molecule has 0 atom stereocenters. The van der Waals surface area contributed by atoms with E-state index < -0.39 is 0 Å². The standard InChI is InChI=1S/C13H21N3O/c1-10(2)8-16-13(12(9-17)14-15-16)11-6-4-3-5-7-11/h11,17H,1,3-9H2,2H3. The van der Waals surface area contributed by atoms with Crippen LogP contribution >= 0.6 is 0 Å². The minimum Gasteiger partial charge on any atom is -0.390 e. The van der Waals surface area contributed by atoms with Gasteiger partial charge < -0.3 is 5.11 Å². The van der Waals surface area contributed by atoms with Gasteiger partial charge in [0.15, 0.2) is 0 Å². The summed E-state index contributed by atoms with van der Waals surface area (Å²) < 4.78 is 1.92. The van der Waals surface area contributed by atoms with E-state index in [1.54, 1.807) is 0 Å². The Bertz CT molecular complexity index is 391. The summed E-state index contributed by atoms with van der Waals surface area (Å²) in [5, 5.41) is 17.6. The monoisotopic (exact) mass is 235 g/mol. The van der Waals surface area contributed by atoms with Gasteiger partial charge in [0.1, 0.15) is 5.69 Å². The Morgan fingerprint density at radius 2 is 2.12 bits per heavy atom. The average Bonchev–Trinajstić information content (AvgIpc) is 2.72. The van der Waals surface area contributed by atoms with Gasteiger partial charge in [0.05, 0.1) is 18.8 Å². The Labute approximate surface area is 102 Å². The van der Waals surface area contributed by atoms with Crippen LogP contribution in [0.4, 0.5) is 0 Å². The van der Waals surface area contributed by atoms with E-state index >= 15 is 0 Å². The van der Waals surface area contributed by atoms with Gasteiger partial charge in [-0.25, -0.2) is 4.68 Å². The van der Waals surface area contributed by atoms with Crippen LogP contribution in [-0.2, 0) is 13.2 Å². The van der Waals surface area contributed by atoms with Gasteiger partial charge in [0.2, 0.25) is 0 Å². The van der Waals surface area contributed by atoms with Crippen molar-refractivity contribution in [2.45, 2.75) is 58.1 Å². The molecule has 0 radical (unpaired) electrons. The summed E-state index contributed by atoms with van der Waals surface area (Å²) in [5.41, 5.74) is 2.95. The van der Waals surface area contributed by atoms with E-state index in [0.29, 0.717) is 12.5 Å². The fraction of sp³-hybridized carbons (Fsp3) is 0.692. The van der Waals surface area contributed by atoms with Crippen LogP contribution in [-0.4, -0.2) is 20.1 Å². The Morgan fingerprint density at radius 3 is 2.71 bits per heavy atom. The molecule has 0 spiro atoms. The van der Waals surface area contributed by atoms with Crippen molar-refractivity contribution in [3.63, 3.8) is 0 Å². The summed E-state index contributed by atoms with van der Waals surface area (Å²) in [6.45, 7) is 6.61. The summed E-state index contributed by atoms with van der Waals surface area (Å²) in [7, 11) is 0. The molecular formula is C13H21N3O. The summed E-state index contributed by atoms with van der Waals surface area (Å²) in [6, 6.07) is 0. The second-order valence-corrected chi connectivity index (χ2v) is 5.03. The molecule has 0 amide bonds. The van der Waals surface area contributed by atoms with Gasteiger partial charge in [-0.05, 0) is 19.8 Å². The molecule has 1 aromatic rings. The largest absolute Gasteiger partial charge is 0.390 e. The van der Waals surface area contributed by atoms with Gasteiger partial charge in [-0.3, -0.25) is 0 Å². The SMILES string of the molecule is C=C(C)Cn1nnc(CO)c1C1CCCCC1. The first-order valence-corrected chi connectivity index (χ1v) is 6.40. The van der Waals surface area contributed by atoms with E-state index in [4.69, 9.17) is 0 Å². The maximum absolute atomic E-state index is 9.36. The Kier molecular flexibility index (Phi) is 3.94. The lowest BCUT2D eigenvalue weighted by Gasteiger charge is -2.23. The van der Waals surface area contributed by atoms with Crippen LogP contribution in [0.15, 0.2) is 12.2 Å². The smallest absolute Gasteiger partial charge is 0.112 e. The zero-order valence-electron chi connectivity index (χ0n) is 10.5. The van der Waals surface area contributed by atoms with Gasteiger partial charge in [-0.15, -0.1) is 5.10 Å². The van der Waals surface area contributed by atoms with Crippen LogP contribution in [0.1, 0.15) is 56.3 Å². The van der Waals surface area contributed by atoms with E-state index in [-0.39, 0.29) is 6.61 Å². The van der Waals surface area contributed by atoms with E-state index in [2.05, 4.69) is 16.9 Å². The molecule has 1 aliphatic carbocycles. The van der Waals surface area contributed by atoms with Crippen molar-refractivity contribution in [2.24, 2.45) is 0 Å². The highest BCUT2D eigenvalue weighted by Gasteiger charge is 2.23. The molecule has 0 aromatic carbocycles. The molecule has 1 aromatic heterocycles. The lowest BCUT2D eigenvalue weighted by atomic mass is 9.86. The predicted octanol–water partition coefficient (Wildman–Crippen LogP) is 2.39. The normalized spacial score (nSPS) is 17.3. The molecule has 17 heavy (non-hydrogen) atoms. The van der Waals surface area contributed by atoms with Crippen molar-refractivity contribution in [3.8, 4) is 0 Å². The summed E-state index contributed by atoms with van der Waals surface area (Å²) in [4.78, 5) is 0. The van der Waals surface area contributed by atoms with E-state index in [1.165, 1.54) is 32.1 Å². The number of allylic oxidation sites excluding steroid dienone is 1. The lowest BCUT2D eigenvalue weighted by Crippen LogP contribution is -2.14. The number of rotatable bonds is 4. The molecule has 0 unspecified atom stereocenters. The van der Waals surface area contributed by atoms with Crippen LogP contribution in [0.3, 0.4) is 0 Å². The second kappa shape index (κ2) is 5.45. The van der Waals surface area contributed by atoms with E-state index in [9.17, 15) is 5.11 Å². The maximum Gasteiger partial charge on any atom is 0.112 e.